The molecule has 0 radical (unpaired) electrons. The number of aromatic amines is 1. The number of hydrogen-bond acceptors (Lipinski definition) is 5. The van der Waals surface area contributed by atoms with E-state index < -0.39 is 9.84 Å². The van der Waals surface area contributed by atoms with Crippen LogP contribution >= 0.6 is 0 Å². The van der Waals surface area contributed by atoms with Gasteiger partial charge in [0.05, 0.1) is 24.5 Å². The van der Waals surface area contributed by atoms with E-state index in [1.807, 2.05) is 25.3 Å². The Morgan fingerprint density at radius 3 is 2.96 bits per heavy atom. The minimum atomic E-state index is -3.09. The number of nitrogens with zero attached hydrogens (tertiary/aromatic N) is 2. The number of pyridine rings is 1. The monoisotopic (exact) mass is 371 g/mol. The number of nitrogens with one attached hydrogen (secondary N) is 1. The average molecular weight is 371 g/mol. The van der Waals surface area contributed by atoms with Gasteiger partial charge in [0.1, 0.15) is 0 Å². The summed E-state index contributed by atoms with van der Waals surface area (Å²) in [7, 11) is -3.09. The van der Waals surface area contributed by atoms with Crippen LogP contribution in [0.3, 0.4) is 0 Å². The van der Waals surface area contributed by atoms with Crippen molar-refractivity contribution in [3.05, 3.63) is 47.4 Å². The Hall–Kier alpha value is -2.25. The number of aromatic nitrogens is 3. The van der Waals surface area contributed by atoms with Crippen molar-refractivity contribution in [3.8, 4) is 11.1 Å². The Morgan fingerprint density at radius 2 is 2.15 bits per heavy atom. The lowest BCUT2D eigenvalue weighted by atomic mass is 9.90. The minimum absolute atomic E-state index is 0.0965. The summed E-state index contributed by atoms with van der Waals surface area (Å²) in [6.45, 7) is 4.55. The van der Waals surface area contributed by atoms with Crippen molar-refractivity contribution in [1.82, 2.24) is 15.2 Å². The van der Waals surface area contributed by atoms with Crippen LogP contribution in [-0.4, -0.2) is 41.7 Å². The lowest BCUT2D eigenvalue weighted by Gasteiger charge is -2.27. The summed E-state index contributed by atoms with van der Waals surface area (Å²) in [6.07, 6.45) is 3.61. The van der Waals surface area contributed by atoms with E-state index in [-0.39, 0.29) is 17.4 Å². The third-order valence-corrected chi connectivity index (χ3v) is 6.84. The van der Waals surface area contributed by atoms with Crippen LogP contribution in [0.4, 0.5) is 0 Å². The van der Waals surface area contributed by atoms with Crippen molar-refractivity contribution in [2.75, 3.05) is 18.1 Å². The Morgan fingerprint density at radius 1 is 1.31 bits per heavy atom. The Balaban J connectivity index is 1.78. The van der Waals surface area contributed by atoms with Gasteiger partial charge in [0.15, 0.2) is 9.84 Å². The van der Waals surface area contributed by atoms with E-state index >= 15 is 0 Å². The number of benzene rings is 1. The number of aryl methyl sites for hydroxylation is 1. The fraction of sp³-hybridized carbons (Fsp3) is 0.368. The summed E-state index contributed by atoms with van der Waals surface area (Å²) in [5.74, 6) is 0.0629. The predicted molar refractivity (Wildman–Crippen MR) is 101 cm³/mol. The summed E-state index contributed by atoms with van der Waals surface area (Å²) in [6, 6.07) is 6.13. The summed E-state index contributed by atoms with van der Waals surface area (Å²) >= 11 is 0. The smallest absolute Gasteiger partial charge is 0.150 e. The molecule has 3 aromatic rings. The third-order valence-electron chi connectivity index (χ3n) is 5.05. The number of rotatable bonds is 4. The minimum Gasteiger partial charge on any atom is -0.376 e. The molecule has 0 bridgehead atoms. The van der Waals surface area contributed by atoms with Crippen LogP contribution in [0.2, 0.25) is 0 Å². The fourth-order valence-electron chi connectivity index (χ4n) is 3.53. The molecule has 1 aliphatic rings. The second-order valence-corrected chi connectivity index (χ2v) is 9.14. The molecule has 1 unspecified atom stereocenters. The van der Waals surface area contributed by atoms with Gasteiger partial charge in [0, 0.05) is 40.7 Å². The molecule has 0 saturated heterocycles. The third kappa shape index (κ3) is 3.01. The average Bonchev–Trinajstić information content (AvgIpc) is 3.02. The van der Waals surface area contributed by atoms with E-state index in [0.717, 1.165) is 38.9 Å². The zero-order chi connectivity index (χ0) is 18.3. The summed E-state index contributed by atoms with van der Waals surface area (Å²) in [5.41, 5.74) is 5.92. The molecule has 1 aromatic carbocycles. The molecule has 6 nitrogen and oxygen atoms in total. The molecular formula is C19H21N3O3S. The van der Waals surface area contributed by atoms with Crippen molar-refractivity contribution in [1.29, 1.82) is 0 Å². The van der Waals surface area contributed by atoms with Gasteiger partial charge in [-0.05, 0) is 29.7 Å². The molecule has 0 saturated carbocycles. The molecule has 1 atom stereocenters. The van der Waals surface area contributed by atoms with Gasteiger partial charge in [0.2, 0.25) is 0 Å². The van der Waals surface area contributed by atoms with Gasteiger partial charge in [-0.1, -0.05) is 19.1 Å². The first-order valence-corrected chi connectivity index (χ1v) is 10.5. The van der Waals surface area contributed by atoms with E-state index in [9.17, 15) is 8.42 Å². The van der Waals surface area contributed by atoms with Gasteiger partial charge in [0.25, 0.3) is 0 Å². The maximum atomic E-state index is 12.1. The number of hydrogen-bond donors (Lipinski definition) is 1. The van der Waals surface area contributed by atoms with Crippen LogP contribution in [0.25, 0.3) is 22.0 Å². The van der Waals surface area contributed by atoms with E-state index in [1.165, 1.54) is 0 Å². The van der Waals surface area contributed by atoms with Gasteiger partial charge >= 0.3 is 0 Å². The van der Waals surface area contributed by atoms with Gasteiger partial charge in [-0.2, -0.15) is 5.10 Å². The van der Waals surface area contributed by atoms with Crippen LogP contribution in [-0.2, 0) is 21.2 Å². The van der Waals surface area contributed by atoms with E-state index in [1.54, 1.807) is 13.1 Å². The molecule has 0 fully saturated rings. The second-order valence-electron chi connectivity index (χ2n) is 6.75. The predicted octanol–water partition coefficient (Wildman–Crippen LogP) is 2.98. The normalized spacial score (nSPS) is 17.4. The van der Waals surface area contributed by atoms with Crippen LogP contribution in [0, 0.1) is 6.92 Å². The zero-order valence-corrected chi connectivity index (χ0v) is 15.6. The molecule has 4 rings (SSSR count). The molecule has 3 heterocycles. The van der Waals surface area contributed by atoms with Gasteiger partial charge < -0.3 is 4.74 Å². The molecule has 26 heavy (non-hydrogen) atoms. The van der Waals surface area contributed by atoms with Gasteiger partial charge in [-0.25, -0.2) is 8.42 Å². The highest BCUT2D eigenvalue weighted by Crippen LogP contribution is 2.35. The lowest BCUT2D eigenvalue weighted by Crippen LogP contribution is -2.25. The van der Waals surface area contributed by atoms with E-state index in [2.05, 4.69) is 21.2 Å². The number of ether oxygens (including phenoxy) is 1. The first-order chi connectivity index (χ1) is 12.5. The second kappa shape index (κ2) is 6.48. The molecule has 1 N–H and O–H groups in total. The van der Waals surface area contributed by atoms with E-state index in [0.29, 0.717) is 13.2 Å². The molecule has 0 amide bonds. The van der Waals surface area contributed by atoms with Crippen molar-refractivity contribution in [2.24, 2.45) is 0 Å². The number of sulfone groups is 1. The number of fused-ring (bicyclic) bond motifs is 2. The summed E-state index contributed by atoms with van der Waals surface area (Å²) in [4.78, 5) is 4.39. The first kappa shape index (κ1) is 17.2. The van der Waals surface area contributed by atoms with Crippen LogP contribution in [0.1, 0.15) is 29.7 Å². The standard InChI is InChI=1S/C19H21N3O3S/c1-3-26(23,24)11-14-9-25-10-18-16(7-20-8-17(14)18)13-4-5-15-12(2)21-22-19(15)6-13/h4-8,14H,3,9-11H2,1-2H3,(H,21,22). The van der Waals surface area contributed by atoms with Crippen molar-refractivity contribution >= 4 is 20.7 Å². The quantitative estimate of drug-likeness (QED) is 0.762. The Kier molecular flexibility index (Phi) is 4.28. The molecule has 1 aliphatic heterocycles. The Bertz CT molecular complexity index is 1070. The van der Waals surface area contributed by atoms with Crippen LogP contribution < -0.4 is 0 Å². The highest BCUT2D eigenvalue weighted by molar-refractivity contribution is 7.91. The van der Waals surface area contributed by atoms with E-state index in [4.69, 9.17) is 4.74 Å². The molecule has 0 spiro atoms. The molecular weight excluding hydrogens is 350 g/mol. The maximum Gasteiger partial charge on any atom is 0.150 e. The molecule has 7 heteroatoms. The maximum absolute atomic E-state index is 12.1. The zero-order valence-electron chi connectivity index (χ0n) is 14.8. The largest absolute Gasteiger partial charge is 0.376 e. The van der Waals surface area contributed by atoms with Crippen molar-refractivity contribution in [3.63, 3.8) is 0 Å². The number of H-pyrrole nitrogens is 1. The van der Waals surface area contributed by atoms with Gasteiger partial charge in [-0.3, -0.25) is 10.1 Å². The molecule has 2 aromatic heterocycles. The lowest BCUT2D eigenvalue weighted by molar-refractivity contribution is 0.0958. The van der Waals surface area contributed by atoms with Crippen molar-refractivity contribution in [2.45, 2.75) is 26.4 Å². The van der Waals surface area contributed by atoms with Crippen LogP contribution in [0.5, 0.6) is 0 Å². The fourth-order valence-corrected chi connectivity index (χ4v) is 4.66. The summed E-state index contributed by atoms with van der Waals surface area (Å²) < 4.78 is 29.9. The van der Waals surface area contributed by atoms with Crippen LogP contribution in [0.15, 0.2) is 30.6 Å². The summed E-state index contributed by atoms with van der Waals surface area (Å²) in [5, 5.41) is 8.43. The topological polar surface area (TPSA) is 84.9 Å². The first-order valence-electron chi connectivity index (χ1n) is 8.68. The highest BCUT2D eigenvalue weighted by atomic mass is 32.2. The SMILES string of the molecule is CCS(=O)(=O)CC1COCc2c(-c3ccc4c(C)[nH]nc4c3)cncc21. The van der Waals surface area contributed by atoms with Gasteiger partial charge in [-0.15, -0.1) is 0 Å². The molecule has 0 aliphatic carbocycles. The Labute approximate surface area is 152 Å². The van der Waals surface area contributed by atoms with Crippen molar-refractivity contribution < 1.29 is 13.2 Å². The highest BCUT2D eigenvalue weighted by Gasteiger charge is 2.27. The molecule has 136 valence electrons.